The maximum Gasteiger partial charge on any atom is 0.305 e. The third-order valence-corrected chi connectivity index (χ3v) is 12.1. The molecule has 0 aromatic carbocycles. The summed E-state index contributed by atoms with van der Waals surface area (Å²) in [6.45, 7) is 4.89. The van der Waals surface area contributed by atoms with Crippen LogP contribution in [0.4, 0.5) is 0 Å². The zero-order valence-corrected chi connectivity index (χ0v) is 39.0. The van der Waals surface area contributed by atoms with E-state index in [4.69, 9.17) is 4.74 Å². The number of hydrogen-bond acceptors (Lipinski definition) is 5. The molecule has 0 radical (unpaired) electrons. The van der Waals surface area contributed by atoms with Crippen molar-refractivity contribution in [1.82, 2.24) is 5.32 Å². The molecule has 0 heterocycles. The number of nitrogens with one attached hydrogen (secondary N) is 1. The second kappa shape index (κ2) is 48.3. The van der Waals surface area contributed by atoms with Gasteiger partial charge in [-0.05, 0) is 32.1 Å². The Balaban J connectivity index is 3.42. The number of unbranched alkanes of at least 4 members (excludes halogenated alkanes) is 37. The Morgan fingerprint density at radius 3 is 1.17 bits per heavy atom. The van der Waals surface area contributed by atoms with Gasteiger partial charge in [-0.2, -0.15) is 0 Å². The molecule has 0 aromatic rings. The van der Waals surface area contributed by atoms with Gasteiger partial charge in [0.1, 0.15) is 0 Å². The van der Waals surface area contributed by atoms with Crippen LogP contribution in [0.25, 0.3) is 0 Å². The average molecular weight is 820 g/mol. The lowest BCUT2D eigenvalue weighted by Crippen LogP contribution is -2.45. The van der Waals surface area contributed by atoms with E-state index >= 15 is 0 Å². The fraction of sp³-hybridized carbons (Fsp3) is 0.923. The van der Waals surface area contributed by atoms with Crippen molar-refractivity contribution in [2.75, 3.05) is 13.2 Å². The van der Waals surface area contributed by atoms with Crippen LogP contribution in [0, 0.1) is 0 Å². The third kappa shape index (κ3) is 44.2. The highest BCUT2D eigenvalue weighted by Crippen LogP contribution is 2.16. The summed E-state index contributed by atoms with van der Waals surface area (Å²) >= 11 is 0. The number of ether oxygens (including phenoxy) is 1. The topological polar surface area (TPSA) is 95.9 Å². The van der Waals surface area contributed by atoms with Gasteiger partial charge in [0, 0.05) is 12.8 Å². The van der Waals surface area contributed by atoms with Gasteiger partial charge in [-0.1, -0.05) is 251 Å². The number of hydrogen-bond donors (Lipinski definition) is 3. The van der Waals surface area contributed by atoms with Crippen LogP contribution in [-0.2, 0) is 14.3 Å². The van der Waals surface area contributed by atoms with Crippen molar-refractivity contribution in [3.05, 3.63) is 12.2 Å². The van der Waals surface area contributed by atoms with Crippen LogP contribution in [0.2, 0.25) is 0 Å². The number of amides is 1. The van der Waals surface area contributed by atoms with Crippen LogP contribution in [0.1, 0.15) is 284 Å². The summed E-state index contributed by atoms with van der Waals surface area (Å²) in [6, 6.07) is -0.628. The zero-order valence-electron chi connectivity index (χ0n) is 39.0. The molecular formula is C52H101NO5. The monoisotopic (exact) mass is 820 g/mol. The molecule has 0 saturated heterocycles. The Hall–Kier alpha value is -1.40. The minimum atomic E-state index is -0.844. The normalized spacial score (nSPS) is 12.7. The largest absolute Gasteiger partial charge is 0.466 e. The standard InChI is InChI=1S/C52H101NO5/c1-3-5-7-9-11-13-15-25-28-32-36-40-44-50(55)49(48-54)53-51(56)45-41-37-33-29-26-22-20-18-16-17-19-21-23-27-31-35-39-43-47-58-52(57)46-42-38-34-30-24-14-12-10-8-6-4-2/h40,44,49-50,54-55H,3-39,41-43,45-48H2,1-2H3,(H,53,56)/b44-40+. The first-order valence-electron chi connectivity index (χ1n) is 26.0. The molecule has 6 nitrogen and oxygen atoms in total. The van der Waals surface area contributed by atoms with E-state index in [0.29, 0.717) is 19.4 Å². The van der Waals surface area contributed by atoms with Crippen LogP contribution in [0.5, 0.6) is 0 Å². The SMILES string of the molecule is CCCCCCCCCCCC/C=C/C(O)C(CO)NC(=O)CCCCCCCCCCCCCCCCCCCCOC(=O)CCCCCCCCCCCCC. The van der Waals surface area contributed by atoms with E-state index in [1.165, 1.54) is 218 Å². The molecule has 1 amide bonds. The van der Waals surface area contributed by atoms with Gasteiger partial charge in [-0.3, -0.25) is 9.59 Å². The minimum Gasteiger partial charge on any atom is -0.466 e. The summed E-state index contributed by atoms with van der Waals surface area (Å²) in [5.41, 5.74) is 0. The Labute approximate surface area is 361 Å². The highest BCUT2D eigenvalue weighted by Gasteiger charge is 2.18. The number of carbonyl (C=O) groups excluding carboxylic acids is 2. The Morgan fingerprint density at radius 1 is 0.466 bits per heavy atom. The minimum absolute atomic E-state index is 0.00608. The number of rotatable bonds is 48. The van der Waals surface area contributed by atoms with Gasteiger partial charge < -0.3 is 20.3 Å². The van der Waals surface area contributed by atoms with Crippen LogP contribution >= 0.6 is 0 Å². The molecule has 0 saturated carbocycles. The molecule has 0 aliphatic heterocycles. The maximum absolute atomic E-state index is 12.4. The fourth-order valence-electron chi connectivity index (χ4n) is 8.05. The number of aliphatic hydroxyl groups is 2. The van der Waals surface area contributed by atoms with Crippen molar-refractivity contribution in [3.8, 4) is 0 Å². The van der Waals surface area contributed by atoms with Crippen molar-refractivity contribution in [1.29, 1.82) is 0 Å². The van der Waals surface area contributed by atoms with Crippen molar-refractivity contribution < 1.29 is 24.5 Å². The van der Waals surface area contributed by atoms with Crippen molar-refractivity contribution in [3.63, 3.8) is 0 Å². The smallest absolute Gasteiger partial charge is 0.305 e. The van der Waals surface area contributed by atoms with Gasteiger partial charge in [-0.15, -0.1) is 0 Å². The van der Waals surface area contributed by atoms with Crippen molar-refractivity contribution in [2.45, 2.75) is 296 Å². The Morgan fingerprint density at radius 2 is 0.793 bits per heavy atom. The molecule has 2 atom stereocenters. The van der Waals surface area contributed by atoms with E-state index in [1.807, 2.05) is 6.08 Å². The second-order valence-corrected chi connectivity index (χ2v) is 17.9. The number of esters is 1. The Kier molecular flexibility index (Phi) is 47.1. The predicted octanol–water partition coefficient (Wildman–Crippen LogP) is 15.3. The quantitative estimate of drug-likeness (QED) is 0.0323. The molecular weight excluding hydrogens is 719 g/mol. The van der Waals surface area contributed by atoms with E-state index in [2.05, 4.69) is 19.2 Å². The number of carbonyl (C=O) groups is 2. The maximum atomic E-state index is 12.4. The van der Waals surface area contributed by atoms with Crippen molar-refractivity contribution in [2.24, 2.45) is 0 Å². The van der Waals surface area contributed by atoms with E-state index in [9.17, 15) is 19.8 Å². The summed E-state index contributed by atoms with van der Waals surface area (Å²) in [6.07, 6.45) is 55.0. The van der Waals surface area contributed by atoms with Gasteiger partial charge in [0.05, 0.1) is 25.4 Å². The van der Waals surface area contributed by atoms with Gasteiger partial charge >= 0.3 is 5.97 Å². The number of allylic oxidation sites excluding steroid dienone is 1. The predicted molar refractivity (Wildman–Crippen MR) is 250 cm³/mol. The van der Waals surface area contributed by atoms with Gasteiger partial charge in [-0.25, -0.2) is 0 Å². The van der Waals surface area contributed by atoms with Gasteiger partial charge in [0.15, 0.2) is 0 Å². The molecule has 6 heteroatoms. The van der Waals surface area contributed by atoms with Crippen molar-refractivity contribution >= 4 is 11.9 Å². The molecule has 3 N–H and O–H groups in total. The lowest BCUT2D eigenvalue weighted by molar-refractivity contribution is -0.143. The zero-order chi connectivity index (χ0) is 42.3. The van der Waals surface area contributed by atoms with Crippen LogP contribution in [0.3, 0.4) is 0 Å². The molecule has 0 bridgehead atoms. The summed E-state index contributed by atoms with van der Waals surface area (Å²) in [5, 5.41) is 23.0. The summed E-state index contributed by atoms with van der Waals surface area (Å²) in [4.78, 5) is 24.4. The molecule has 0 fully saturated rings. The lowest BCUT2D eigenvalue weighted by atomic mass is 10.0. The highest BCUT2D eigenvalue weighted by molar-refractivity contribution is 5.76. The number of aliphatic hydroxyl groups excluding tert-OH is 2. The lowest BCUT2D eigenvalue weighted by Gasteiger charge is -2.20. The molecule has 0 spiro atoms. The van der Waals surface area contributed by atoms with Crippen LogP contribution in [0.15, 0.2) is 12.2 Å². The molecule has 0 aromatic heterocycles. The highest BCUT2D eigenvalue weighted by atomic mass is 16.5. The Bertz CT molecular complexity index is 863. The van der Waals surface area contributed by atoms with E-state index in [1.54, 1.807) is 6.08 Å². The first-order valence-corrected chi connectivity index (χ1v) is 26.0. The fourth-order valence-corrected chi connectivity index (χ4v) is 8.05. The molecule has 2 unspecified atom stereocenters. The average Bonchev–Trinajstić information content (AvgIpc) is 3.22. The second-order valence-electron chi connectivity index (χ2n) is 17.9. The molecule has 58 heavy (non-hydrogen) atoms. The summed E-state index contributed by atoms with van der Waals surface area (Å²) in [7, 11) is 0. The molecule has 0 aliphatic carbocycles. The summed E-state index contributed by atoms with van der Waals surface area (Å²) in [5.74, 6) is -0.0660. The van der Waals surface area contributed by atoms with E-state index < -0.39 is 12.1 Å². The first kappa shape index (κ1) is 56.6. The third-order valence-electron chi connectivity index (χ3n) is 12.1. The molecule has 344 valence electrons. The van der Waals surface area contributed by atoms with E-state index in [0.717, 1.165) is 38.5 Å². The molecule has 0 aliphatic rings. The van der Waals surface area contributed by atoms with Crippen LogP contribution in [-0.4, -0.2) is 47.4 Å². The van der Waals surface area contributed by atoms with Gasteiger partial charge in [0.25, 0.3) is 0 Å². The molecule has 0 rings (SSSR count). The van der Waals surface area contributed by atoms with Crippen LogP contribution < -0.4 is 5.32 Å². The summed E-state index contributed by atoms with van der Waals surface area (Å²) < 4.78 is 5.45. The first-order chi connectivity index (χ1) is 28.5. The van der Waals surface area contributed by atoms with E-state index in [-0.39, 0.29) is 18.5 Å². The van der Waals surface area contributed by atoms with Gasteiger partial charge in [0.2, 0.25) is 5.91 Å².